The van der Waals surface area contributed by atoms with Gasteiger partial charge in [0.15, 0.2) is 5.82 Å². The molecule has 90 valence electrons. The summed E-state index contributed by atoms with van der Waals surface area (Å²) in [4.78, 5) is 18.6. The number of aromatic nitrogens is 2. The van der Waals surface area contributed by atoms with E-state index in [9.17, 15) is 4.79 Å². The highest BCUT2D eigenvalue weighted by atomic mass is 16.5. The van der Waals surface area contributed by atoms with E-state index in [2.05, 4.69) is 9.97 Å². The van der Waals surface area contributed by atoms with Gasteiger partial charge in [0.2, 0.25) is 5.88 Å². The predicted octanol–water partition coefficient (Wildman–Crippen LogP) is 2.36. The molecule has 0 fully saturated rings. The van der Waals surface area contributed by atoms with E-state index in [4.69, 9.17) is 4.74 Å². The maximum absolute atomic E-state index is 10.2. The van der Waals surface area contributed by atoms with Crippen LogP contribution >= 0.6 is 0 Å². The molecule has 0 saturated heterocycles. The zero-order valence-electron chi connectivity index (χ0n) is 9.91. The van der Waals surface area contributed by atoms with Crippen molar-refractivity contribution in [3.8, 4) is 17.3 Å². The van der Waals surface area contributed by atoms with Crippen molar-refractivity contribution in [2.75, 3.05) is 7.11 Å². The van der Waals surface area contributed by atoms with Crippen molar-refractivity contribution >= 4 is 12.4 Å². The van der Waals surface area contributed by atoms with E-state index >= 15 is 0 Å². The van der Waals surface area contributed by atoms with Gasteiger partial charge in [-0.3, -0.25) is 4.79 Å². The molecule has 1 heterocycles. The van der Waals surface area contributed by atoms with Gasteiger partial charge in [0.1, 0.15) is 6.29 Å². The summed E-state index contributed by atoms with van der Waals surface area (Å²) < 4.78 is 5.05. The summed E-state index contributed by atoms with van der Waals surface area (Å²) in [5.41, 5.74) is 1.85. The summed E-state index contributed by atoms with van der Waals surface area (Å²) in [7, 11) is 1.57. The molecular weight excluding hydrogens is 228 g/mol. The van der Waals surface area contributed by atoms with Gasteiger partial charge in [0.25, 0.3) is 0 Å². The largest absolute Gasteiger partial charge is 0.481 e. The fourth-order valence-corrected chi connectivity index (χ4v) is 1.49. The molecular formula is C14H12N2O2. The number of carbonyl (C=O) groups is 1. The minimum absolute atomic E-state index is 0.532. The number of ether oxygens (including phenoxy) is 1. The molecule has 0 atom stereocenters. The van der Waals surface area contributed by atoms with Crippen LogP contribution in [0.15, 0.2) is 42.6 Å². The number of methoxy groups -OCH3 is 1. The second-order valence-electron chi connectivity index (χ2n) is 3.54. The Labute approximate surface area is 105 Å². The number of aldehydes is 1. The number of allylic oxidation sites excluding steroid dienone is 1. The maximum Gasteiger partial charge on any atom is 0.216 e. The van der Waals surface area contributed by atoms with E-state index in [1.54, 1.807) is 25.4 Å². The minimum atomic E-state index is 0.532. The van der Waals surface area contributed by atoms with Crippen LogP contribution in [0.3, 0.4) is 0 Å². The van der Waals surface area contributed by atoms with Gasteiger partial charge in [-0.05, 0) is 11.6 Å². The van der Waals surface area contributed by atoms with Gasteiger partial charge in [0.05, 0.1) is 7.11 Å². The molecule has 18 heavy (non-hydrogen) atoms. The van der Waals surface area contributed by atoms with Crippen molar-refractivity contribution in [2.45, 2.75) is 0 Å². The van der Waals surface area contributed by atoms with Crippen molar-refractivity contribution in [3.05, 3.63) is 48.2 Å². The fourth-order valence-electron chi connectivity index (χ4n) is 1.49. The second-order valence-corrected chi connectivity index (χ2v) is 3.54. The molecule has 1 aromatic heterocycles. The Morgan fingerprint density at radius 2 is 1.94 bits per heavy atom. The van der Waals surface area contributed by atoms with Gasteiger partial charge in [-0.15, -0.1) is 0 Å². The molecule has 2 rings (SSSR count). The molecule has 4 heteroatoms. The monoisotopic (exact) mass is 240 g/mol. The van der Waals surface area contributed by atoms with E-state index in [-0.39, 0.29) is 0 Å². The molecule has 0 radical (unpaired) electrons. The molecule has 0 unspecified atom stereocenters. The van der Waals surface area contributed by atoms with Crippen LogP contribution in [0.1, 0.15) is 5.56 Å². The number of nitrogens with zero attached hydrogens (tertiary/aromatic N) is 2. The molecule has 1 aromatic carbocycles. The lowest BCUT2D eigenvalue weighted by Gasteiger charge is -2.02. The van der Waals surface area contributed by atoms with Crippen molar-refractivity contribution in [1.29, 1.82) is 0 Å². The van der Waals surface area contributed by atoms with Crippen LogP contribution in [0, 0.1) is 0 Å². The van der Waals surface area contributed by atoms with Crippen LogP contribution in [0.4, 0.5) is 0 Å². The standard InChI is InChI=1S/C14H12N2O2/c1-18-13-8-9-15-14(16-13)12-6-4-11(5-7-12)3-2-10-17/h2-10H,1H3. The van der Waals surface area contributed by atoms with Gasteiger partial charge in [-0.25, -0.2) is 4.98 Å². The Morgan fingerprint density at radius 1 is 1.17 bits per heavy atom. The second kappa shape index (κ2) is 5.72. The van der Waals surface area contributed by atoms with E-state index < -0.39 is 0 Å². The van der Waals surface area contributed by atoms with Crippen molar-refractivity contribution < 1.29 is 9.53 Å². The Bertz CT molecular complexity index is 562. The molecule has 0 aliphatic rings. The highest BCUT2D eigenvalue weighted by Gasteiger charge is 2.02. The zero-order valence-corrected chi connectivity index (χ0v) is 9.91. The van der Waals surface area contributed by atoms with Gasteiger partial charge >= 0.3 is 0 Å². The minimum Gasteiger partial charge on any atom is -0.481 e. The number of carbonyl (C=O) groups excluding carboxylic acids is 1. The quantitative estimate of drug-likeness (QED) is 0.608. The highest BCUT2D eigenvalue weighted by Crippen LogP contribution is 2.18. The summed E-state index contributed by atoms with van der Waals surface area (Å²) in [5.74, 6) is 1.14. The smallest absolute Gasteiger partial charge is 0.216 e. The molecule has 4 nitrogen and oxygen atoms in total. The van der Waals surface area contributed by atoms with Crippen LogP contribution in [-0.4, -0.2) is 23.4 Å². The molecule has 0 bridgehead atoms. The maximum atomic E-state index is 10.2. The first-order valence-corrected chi connectivity index (χ1v) is 5.43. The molecule has 0 aliphatic heterocycles. The van der Waals surface area contributed by atoms with E-state index in [1.165, 1.54) is 6.08 Å². The van der Waals surface area contributed by atoms with Crippen LogP contribution in [-0.2, 0) is 4.79 Å². The van der Waals surface area contributed by atoms with Gasteiger partial charge in [-0.1, -0.05) is 30.3 Å². The summed E-state index contributed by atoms with van der Waals surface area (Å²) in [6, 6.07) is 9.31. The van der Waals surface area contributed by atoms with Crippen molar-refractivity contribution in [1.82, 2.24) is 9.97 Å². The van der Waals surface area contributed by atoms with Crippen molar-refractivity contribution in [2.24, 2.45) is 0 Å². The first-order valence-electron chi connectivity index (χ1n) is 5.43. The number of rotatable bonds is 4. The van der Waals surface area contributed by atoms with E-state index in [0.29, 0.717) is 11.7 Å². The third-order valence-corrected chi connectivity index (χ3v) is 2.38. The van der Waals surface area contributed by atoms with Gasteiger partial charge in [-0.2, -0.15) is 4.98 Å². The van der Waals surface area contributed by atoms with E-state index in [1.807, 2.05) is 24.3 Å². The SMILES string of the molecule is COc1ccnc(-c2ccc(C=CC=O)cc2)n1. The molecule has 0 amide bonds. The predicted molar refractivity (Wildman–Crippen MR) is 69.1 cm³/mol. The third-order valence-electron chi connectivity index (χ3n) is 2.38. The number of hydrogen-bond donors (Lipinski definition) is 0. The number of benzene rings is 1. The summed E-state index contributed by atoms with van der Waals surface area (Å²) in [6.45, 7) is 0. The lowest BCUT2D eigenvalue weighted by molar-refractivity contribution is -0.104. The molecule has 2 aromatic rings. The molecule has 0 N–H and O–H groups in total. The lowest BCUT2D eigenvalue weighted by atomic mass is 10.1. The Balaban J connectivity index is 2.28. The molecule has 0 saturated carbocycles. The first kappa shape index (κ1) is 12.0. The van der Waals surface area contributed by atoms with Crippen LogP contribution in [0.5, 0.6) is 5.88 Å². The van der Waals surface area contributed by atoms with Crippen LogP contribution < -0.4 is 4.74 Å². The fraction of sp³-hybridized carbons (Fsp3) is 0.0714. The topological polar surface area (TPSA) is 52.1 Å². The average molecular weight is 240 g/mol. The van der Waals surface area contributed by atoms with Crippen LogP contribution in [0.25, 0.3) is 17.5 Å². The average Bonchev–Trinajstić information content (AvgIpc) is 2.46. The van der Waals surface area contributed by atoms with Crippen molar-refractivity contribution in [3.63, 3.8) is 0 Å². The summed E-state index contributed by atoms with van der Waals surface area (Å²) >= 11 is 0. The van der Waals surface area contributed by atoms with Crippen LogP contribution in [0.2, 0.25) is 0 Å². The number of hydrogen-bond acceptors (Lipinski definition) is 4. The summed E-state index contributed by atoms with van der Waals surface area (Å²) in [6.07, 6.45) is 5.60. The molecule has 0 spiro atoms. The lowest BCUT2D eigenvalue weighted by Crippen LogP contribution is -1.92. The Kier molecular flexibility index (Phi) is 3.81. The molecule has 0 aliphatic carbocycles. The normalized spacial score (nSPS) is 10.5. The van der Waals surface area contributed by atoms with E-state index in [0.717, 1.165) is 17.4 Å². The Morgan fingerprint density at radius 3 is 2.61 bits per heavy atom. The third kappa shape index (κ3) is 2.79. The highest BCUT2D eigenvalue weighted by molar-refractivity contribution is 5.74. The van der Waals surface area contributed by atoms with Gasteiger partial charge in [0, 0.05) is 17.8 Å². The van der Waals surface area contributed by atoms with Gasteiger partial charge < -0.3 is 4.74 Å². The Hall–Kier alpha value is -2.49. The first-order chi connectivity index (χ1) is 8.83. The zero-order chi connectivity index (χ0) is 12.8. The summed E-state index contributed by atoms with van der Waals surface area (Å²) in [5, 5.41) is 0.